The summed E-state index contributed by atoms with van der Waals surface area (Å²) in [6, 6.07) is 0. The van der Waals surface area contributed by atoms with Crippen molar-refractivity contribution in [2.24, 2.45) is 0 Å². The molecule has 0 rings (SSSR count). The first-order valence-electron chi connectivity index (χ1n) is 2.01. The molecule has 0 aromatic carbocycles. The van der Waals surface area contributed by atoms with E-state index in [1.165, 1.54) is 7.11 Å². The molecule has 0 radical (unpaired) electrons. The molecule has 0 fully saturated rings. The smallest absolute Gasteiger partial charge is 0.127 e. The van der Waals surface area contributed by atoms with Gasteiger partial charge in [-0.05, 0) is 0 Å². The molecule has 0 heterocycles. The van der Waals surface area contributed by atoms with Gasteiger partial charge in [0.15, 0.2) is 0 Å². The molecule has 0 aromatic heterocycles. The first-order valence-corrected chi connectivity index (χ1v) is 2.01. The van der Waals surface area contributed by atoms with E-state index in [0.29, 0.717) is 0 Å². The van der Waals surface area contributed by atoms with E-state index in [4.69, 9.17) is 10.4 Å². The lowest BCUT2D eigenvalue weighted by Crippen LogP contribution is -2.25. The van der Waals surface area contributed by atoms with Gasteiger partial charge >= 0.3 is 0 Å². The largest absolute Gasteiger partial charge is 0.379 e. The van der Waals surface area contributed by atoms with Crippen LogP contribution >= 0.6 is 0 Å². The third-order valence-electron chi connectivity index (χ3n) is 0.546. The van der Waals surface area contributed by atoms with Crippen LogP contribution in [0.15, 0.2) is 0 Å². The summed E-state index contributed by atoms with van der Waals surface area (Å²) in [6.07, 6.45) is 0. The zero-order valence-corrected chi connectivity index (χ0v) is 4.57. The number of aliphatic hydroxyl groups excluding tert-OH is 1. The molecule has 0 saturated carbocycles. The van der Waals surface area contributed by atoms with Gasteiger partial charge in [0.2, 0.25) is 0 Å². The molecule has 0 amide bonds. The fraction of sp³-hybridized carbons (Fsp3) is 1.00. The highest BCUT2D eigenvalue weighted by Gasteiger charge is 1.98. The maximum absolute atomic E-state index is 8.22. The molecule has 5 heteroatoms. The second-order valence-corrected chi connectivity index (χ2v) is 1.12. The number of rotatable bonds is 4. The Labute approximate surface area is 46.9 Å². The van der Waals surface area contributed by atoms with Crippen LogP contribution in [0.5, 0.6) is 0 Å². The Morgan fingerprint density at radius 3 is 2.38 bits per heavy atom. The van der Waals surface area contributed by atoms with Crippen molar-refractivity contribution in [3.05, 3.63) is 0 Å². The van der Waals surface area contributed by atoms with Crippen molar-refractivity contribution in [1.82, 2.24) is 5.06 Å². The lowest BCUT2D eigenvalue weighted by atomic mass is 11.1. The molecule has 0 saturated heterocycles. The maximum atomic E-state index is 8.22. The Balaban J connectivity index is 3.07. The average molecular weight is 123 g/mol. The van der Waals surface area contributed by atoms with E-state index in [2.05, 4.69) is 9.73 Å². The third-order valence-corrected chi connectivity index (χ3v) is 0.546. The van der Waals surface area contributed by atoms with Gasteiger partial charge < -0.3 is 9.84 Å². The molecule has 5 nitrogen and oxygen atoms in total. The second-order valence-electron chi connectivity index (χ2n) is 1.12. The normalized spacial score (nSPS) is 10.5. The van der Waals surface area contributed by atoms with Crippen molar-refractivity contribution in [3.63, 3.8) is 0 Å². The van der Waals surface area contributed by atoms with Crippen LogP contribution in [0.2, 0.25) is 0 Å². The van der Waals surface area contributed by atoms with E-state index in [0.717, 1.165) is 5.06 Å². The first kappa shape index (κ1) is 7.80. The Morgan fingerprint density at radius 1 is 1.62 bits per heavy atom. The minimum atomic E-state index is -0.398. The van der Waals surface area contributed by atoms with Crippen molar-refractivity contribution in [3.8, 4) is 0 Å². The Kier molecular flexibility index (Phi) is 4.82. The Bertz CT molecular complexity index is 46.5. The number of ether oxygens (including phenoxy) is 1. The summed E-state index contributed by atoms with van der Waals surface area (Å²) in [5, 5.41) is 16.9. The van der Waals surface area contributed by atoms with E-state index in [1.807, 2.05) is 0 Å². The van der Waals surface area contributed by atoms with Crippen molar-refractivity contribution < 1.29 is 20.1 Å². The van der Waals surface area contributed by atoms with Crippen molar-refractivity contribution in [2.45, 2.75) is 0 Å². The minimum Gasteiger partial charge on any atom is -0.379 e. The summed E-state index contributed by atoms with van der Waals surface area (Å²) < 4.78 is 4.47. The number of methoxy groups -OCH3 is 1. The van der Waals surface area contributed by atoms with Crippen LogP contribution in [0.3, 0.4) is 0 Å². The lowest BCUT2D eigenvalue weighted by molar-refractivity contribution is -0.423. The first-order chi connectivity index (χ1) is 3.85. The van der Waals surface area contributed by atoms with Gasteiger partial charge in [0.1, 0.15) is 13.5 Å². The highest BCUT2D eigenvalue weighted by molar-refractivity contribution is 4.15. The summed E-state index contributed by atoms with van der Waals surface area (Å²) in [7, 11) is 1.42. The van der Waals surface area contributed by atoms with E-state index < -0.39 is 6.73 Å². The standard InChI is InChI=1S/C3H9NO4/c1-7-3-4(2-5)8-6/h5-6H,2-3H2,1H3. The summed E-state index contributed by atoms with van der Waals surface area (Å²) >= 11 is 0. The van der Waals surface area contributed by atoms with Crippen molar-refractivity contribution in [1.29, 1.82) is 0 Å². The lowest BCUT2D eigenvalue weighted by Gasteiger charge is -2.10. The molecular formula is C3H9NO4. The number of hydrogen-bond acceptors (Lipinski definition) is 5. The highest BCUT2D eigenvalue weighted by Crippen LogP contribution is 1.82. The molecule has 0 atom stereocenters. The highest BCUT2D eigenvalue weighted by atomic mass is 17.2. The summed E-state index contributed by atoms with van der Waals surface area (Å²) in [5.41, 5.74) is 0. The van der Waals surface area contributed by atoms with E-state index >= 15 is 0 Å². The monoisotopic (exact) mass is 123 g/mol. The number of hydrogen-bond donors (Lipinski definition) is 2. The zero-order chi connectivity index (χ0) is 6.41. The summed E-state index contributed by atoms with van der Waals surface area (Å²) in [4.78, 5) is 3.60. The molecule has 0 bridgehead atoms. The predicted molar refractivity (Wildman–Crippen MR) is 24.5 cm³/mol. The zero-order valence-electron chi connectivity index (χ0n) is 4.57. The summed E-state index contributed by atoms with van der Waals surface area (Å²) in [5.74, 6) is 0. The minimum absolute atomic E-state index is 0.0347. The number of aliphatic hydroxyl groups is 1. The topological polar surface area (TPSA) is 62.2 Å². The molecule has 0 aromatic rings. The molecule has 2 N–H and O–H groups in total. The number of hydroxylamine groups is 2. The molecular weight excluding hydrogens is 114 g/mol. The van der Waals surface area contributed by atoms with Gasteiger partial charge in [-0.25, -0.2) is 5.26 Å². The molecule has 0 unspecified atom stereocenters. The predicted octanol–water partition coefficient (Wildman–Crippen LogP) is -0.753. The van der Waals surface area contributed by atoms with Gasteiger partial charge in [-0.1, -0.05) is 0 Å². The van der Waals surface area contributed by atoms with Crippen LogP contribution in [0, 0.1) is 0 Å². The second kappa shape index (κ2) is 4.95. The van der Waals surface area contributed by atoms with Gasteiger partial charge in [-0.3, -0.25) is 0 Å². The van der Waals surface area contributed by atoms with Crippen LogP contribution in [0.4, 0.5) is 0 Å². The Morgan fingerprint density at radius 2 is 2.25 bits per heavy atom. The van der Waals surface area contributed by atoms with Crippen LogP contribution < -0.4 is 0 Å². The van der Waals surface area contributed by atoms with Crippen molar-refractivity contribution in [2.75, 3.05) is 20.6 Å². The molecule has 8 heavy (non-hydrogen) atoms. The van der Waals surface area contributed by atoms with Gasteiger partial charge in [-0.2, -0.15) is 0 Å². The fourth-order valence-electron chi connectivity index (χ4n) is 0.234. The van der Waals surface area contributed by atoms with E-state index in [9.17, 15) is 0 Å². The van der Waals surface area contributed by atoms with Crippen LogP contribution in [0.25, 0.3) is 0 Å². The maximum Gasteiger partial charge on any atom is 0.127 e. The van der Waals surface area contributed by atoms with E-state index in [1.54, 1.807) is 0 Å². The molecule has 0 aliphatic rings. The van der Waals surface area contributed by atoms with Gasteiger partial charge in [-0.15, -0.1) is 10.1 Å². The van der Waals surface area contributed by atoms with Gasteiger partial charge in [0.25, 0.3) is 0 Å². The Hall–Kier alpha value is -0.200. The third kappa shape index (κ3) is 2.89. The average Bonchev–Trinajstić information content (AvgIpc) is 1.83. The van der Waals surface area contributed by atoms with Gasteiger partial charge in [0, 0.05) is 7.11 Å². The quantitative estimate of drug-likeness (QED) is 0.292. The van der Waals surface area contributed by atoms with Crippen LogP contribution in [-0.2, 0) is 9.73 Å². The van der Waals surface area contributed by atoms with Gasteiger partial charge in [0.05, 0.1) is 0 Å². The SMILES string of the molecule is COCN(CO)OO. The fourth-order valence-corrected chi connectivity index (χ4v) is 0.234. The van der Waals surface area contributed by atoms with Crippen molar-refractivity contribution >= 4 is 0 Å². The molecule has 0 aliphatic carbocycles. The van der Waals surface area contributed by atoms with Crippen LogP contribution in [0.1, 0.15) is 0 Å². The van der Waals surface area contributed by atoms with E-state index in [-0.39, 0.29) is 6.73 Å². The molecule has 50 valence electrons. The molecule has 0 spiro atoms. The van der Waals surface area contributed by atoms with Crippen LogP contribution in [-0.4, -0.2) is 36.0 Å². The number of nitrogens with zero attached hydrogens (tertiary/aromatic N) is 1. The molecule has 0 aliphatic heterocycles. The summed E-state index contributed by atoms with van der Waals surface area (Å²) in [6.45, 7) is -0.364.